The quantitative estimate of drug-likeness (QED) is 0.255. The van der Waals surface area contributed by atoms with Crippen LogP contribution in [-0.4, -0.2) is 86.5 Å². The van der Waals surface area contributed by atoms with Gasteiger partial charge in [0.2, 0.25) is 0 Å². The van der Waals surface area contributed by atoms with Crippen molar-refractivity contribution >= 4 is 29.1 Å². The minimum absolute atomic E-state index is 0. The first-order chi connectivity index (χ1) is 19.0. The zero-order valence-electron chi connectivity index (χ0n) is 24.4. The topological polar surface area (TPSA) is 160 Å². The average Bonchev–Trinajstić information content (AvgIpc) is 3.44. The van der Waals surface area contributed by atoms with Crippen molar-refractivity contribution < 1.29 is 93.1 Å². The summed E-state index contributed by atoms with van der Waals surface area (Å²) in [6.07, 6.45) is -6.82. The van der Waals surface area contributed by atoms with Crippen LogP contribution in [0.2, 0.25) is 0 Å². The number of ketones is 1. The fourth-order valence-electron chi connectivity index (χ4n) is 7.61. The molecule has 3 fully saturated rings. The molecular weight excluding hydrogens is 779 g/mol. The van der Waals surface area contributed by atoms with E-state index >= 15 is 0 Å². The number of carbonyl (C=O) groups is 3. The third kappa shape index (κ3) is 4.91. The van der Waals surface area contributed by atoms with E-state index in [4.69, 9.17) is 21.1 Å². The van der Waals surface area contributed by atoms with Gasteiger partial charge in [-0.1, -0.05) is 25.5 Å². The van der Waals surface area contributed by atoms with E-state index < -0.39 is 82.1 Å². The Morgan fingerprint density at radius 3 is 2.43 bits per heavy atom. The molecule has 4 aliphatic rings. The van der Waals surface area contributed by atoms with E-state index in [2.05, 4.69) is 0 Å². The van der Waals surface area contributed by atoms with Gasteiger partial charge in [0.05, 0.1) is 24.2 Å². The fourth-order valence-corrected chi connectivity index (χ4v) is 8.37. The Kier molecular flexibility index (Phi) is 9.42. The smallest absolute Gasteiger partial charge is 0.336 e. The number of ether oxygens (including phenoxy) is 3. The van der Waals surface area contributed by atoms with E-state index in [1.165, 1.54) is 11.3 Å². The van der Waals surface area contributed by atoms with Gasteiger partial charge in [-0.15, -0.1) is 11.3 Å². The van der Waals surface area contributed by atoms with Gasteiger partial charge in [-0.05, 0) is 37.8 Å². The Bertz CT molecular complexity index is 1280. The van der Waals surface area contributed by atoms with E-state index in [1.807, 2.05) is 0 Å². The normalized spacial score (nSPS) is 40.1. The summed E-state index contributed by atoms with van der Waals surface area (Å²) in [5.74, 6) is -4.43. The van der Waals surface area contributed by atoms with Gasteiger partial charge >= 0.3 is 11.9 Å². The van der Waals surface area contributed by atoms with Gasteiger partial charge in [-0.2, -0.15) is 0 Å². The first-order valence-electron chi connectivity index (χ1n) is 13.8. The minimum Gasteiger partial charge on any atom is -0.459 e. The van der Waals surface area contributed by atoms with Gasteiger partial charge in [0.15, 0.2) is 6.10 Å². The molecule has 1 unspecified atom stereocenters. The molecule has 3 radical (unpaired) electrons. The zero-order chi connectivity index (χ0) is 30.3. The van der Waals surface area contributed by atoms with E-state index in [-0.39, 0.29) is 69.9 Å². The van der Waals surface area contributed by atoms with Crippen molar-refractivity contribution in [2.75, 3.05) is 6.61 Å². The van der Waals surface area contributed by atoms with Gasteiger partial charge in [0, 0.05) is 92.4 Å². The summed E-state index contributed by atoms with van der Waals surface area (Å²) in [7, 11) is 0. The number of aliphatic hydroxyl groups excluding tert-OH is 2. The predicted octanol–water partition coefficient (Wildman–Crippen LogP) is 1.71. The number of Topliss-reactive ketones (excluding diaryl/α,β-unsaturated/α-hetero) is 1. The molecular formula is C30H38AcO10S. The number of rotatable bonds is 5. The molecule has 2 saturated carbocycles. The maximum Gasteiger partial charge on any atom is 0.336 e. The Labute approximate surface area is 285 Å². The van der Waals surface area contributed by atoms with Crippen LogP contribution in [0.3, 0.4) is 0 Å². The predicted molar refractivity (Wildman–Crippen MR) is 145 cm³/mol. The van der Waals surface area contributed by atoms with Crippen molar-refractivity contribution in [1.29, 1.82) is 0 Å². The number of carbonyl (C=O) groups excluding carboxylic acids is 3. The summed E-state index contributed by atoms with van der Waals surface area (Å²) in [6.45, 7) is 13.8. The van der Waals surface area contributed by atoms with E-state index in [0.29, 0.717) is 16.0 Å². The first kappa shape index (κ1) is 34.2. The van der Waals surface area contributed by atoms with Crippen LogP contribution in [0, 0.1) is 67.7 Å². The molecule has 0 amide bonds. The molecule has 0 spiro atoms. The molecule has 2 heterocycles. The Hall–Kier alpha value is -0.708. The van der Waals surface area contributed by atoms with Crippen LogP contribution in [-0.2, 0) is 28.6 Å². The molecule has 10 nitrogen and oxygen atoms in total. The van der Waals surface area contributed by atoms with Gasteiger partial charge in [0.25, 0.3) is 0 Å². The molecule has 1 aliphatic heterocycles. The van der Waals surface area contributed by atoms with Crippen LogP contribution in [0.25, 0.3) is 0 Å². The van der Waals surface area contributed by atoms with Crippen LogP contribution in [0.1, 0.15) is 64.7 Å². The fraction of sp³-hybridized carbons (Fsp3) is 0.667. The largest absolute Gasteiger partial charge is 0.459 e. The van der Waals surface area contributed by atoms with Gasteiger partial charge in [-0.25, -0.2) is 4.79 Å². The zero-order valence-corrected chi connectivity index (χ0v) is 30.0. The Morgan fingerprint density at radius 2 is 1.88 bits per heavy atom. The molecule has 10 atom stereocenters. The van der Waals surface area contributed by atoms with Crippen molar-refractivity contribution in [1.82, 2.24) is 0 Å². The second-order valence-electron chi connectivity index (χ2n) is 12.8. The van der Waals surface area contributed by atoms with Crippen molar-refractivity contribution in [3.63, 3.8) is 0 Å². The molecule has 1 aromatic rings. The second-order valence-corrected chi connectivity index (χ2v) is 13.7. The molecule has 2 bridgehead atoms. The van der Waals surface area contributed by atoms with Crippen LogP contribution in [0.4, 0.5) is 0 Å². The maximum atomic E-state index is 14.1. The molecule has 5 rings (SSSR count). The summed E-state index contributed by atoms with van der Waals surface area (Å²) in [4.78, 5) is 40.4. The molecule has 1 aromatic heterocycles. The molecule has 1 saturated heterocycles. The molecule has 12 heteroatoms. The SMILES string of the molecule is [Ac].[CH][C@@H](c1cccs1)[C@@H](O)C(=O)OC1C[C@@]2(O)[C@@H](OC(C)=O)[C@@H]3[C@]4(O)CO[C@@H]4C[C@H](O)[C@@]3(C)C(=O)CC(=C1C)C2(C)C. The summed E-state index contributed by atoms with van der Waals surface area (Å²) in [6, 6.07) is 3.43. The van der Waals surface area contributed by atoms with Gasteiger partial charge in [0.1, 0.15) is 29.2 Å². The van der Waals surface area contributed by atoms with Crippen molar-refractivity contribution in [3.8, 4) is 0 Å². The third-order valence-electron chi connectivity index (χ3n) is 10.4. The molecule has 227 valence electrons. The molecule has 3 aliphatic carbocycles. The molecule has 42 heavy (non-hydrogen) atoms. The van der Waals surface area contributed by atoms with Crippen molar-refractivity contribution in [2.45, 2.75) is 102 Å². The monoisotopic (exact) mass is 817 g/mol. The number of fused-ring (bicyclic) bond motifs is 5. The van der Waals surface area contributed by atoms with Gasteiger partial charge in [-0.3, -0.25) is 9.59 Å². The summed E-state index contributed by atoms with van der Waals surface area (Å²) < 4.78 is 17.1. The van der Waals surface area contributed by atoms with Crippen molar-refractivity contribution in [3.05, 3.63) is 40.5 Å². The van der Waals surface area contributed by atoms with E-state index in [1.54, 1.807) is 45.2 Å². The molecule has 4 N–H and O–H groups in total. The summed E-state index contributed by atoms with van der Waals surface area (Å²) >= 11 is 1.28. The number of aliphatic hydroxyl groups is 4. The van der Waals surface area contributed by atoms with E-state index in [9.17, 15) is 34.8 Å². The Balaban J connectivity index is 0.00000405. The second kappa shape index (κ2) is 11.6. The van der Waals surface area contributed by atoms with E-state index in [0.717, 1.165) is 6.92 Å². The summed E-state index contributed by atoms with van der Waals surface area (Å²) in [5.41, 5.74) is -5.44. The minimum atomic E-state index is -1.97. The Morgan fingerprint density at radius 1 is 1.21 bits per heavy atom. The molecule has 0 aromatic carbocycles. The summed E-state index contributed by atoms with van der Waals surface area (Å²) in [5, 5.41) is 48.3. The van der Waals surface area contributed by atoms with Crippen LogP contribution in [0.5, 0.6) is 0 Å². The maximum absolute atomic E-state index is 14.1. The van der Waals surface area contributed by atoms with Crippen LogP contribution < -0.4 is 0 Å². The van der Waals surface area contributed by atoms with Crippen LogP contribution in [0.15, 0.2) is 28.7 Å². The number of hydrogen-bond donors (Lipinski definition) is 4. The van der Waals surface area contributed by atoms with Crippen molar-refractivity contribution in [2.24, 2.45) is 16.7 Å². The number of hydrogen-bond acceptors (Lipinski definition) is 11. The number of esters is 2. The first-order valence-corrected chi connectivity index (χ1v) is 14.7. The van der Waals surface area contributed by atoms with Gasteiger partial charge < -0.3 is 34.6 Å². The standard InChI is InChI=1S/C30H38O10S.Ac/c1-14-17-10-20(32)28(6)21(33)11-22-29(36,13-38-22)24(28)25(39-16(3)31)30(37,27(17,4)5)12-18(14)40-26(35)23(34)15(2)19-8-7-9-41-19;/h2,7-9,15,18,21-25,33-34,36-37H,10-13H2,1,3-6H3;/t15-,18?,21-,22+,23+,24-,25-,28+,29-,30+;/m0./s1. The number of thiophene rings is 1. The third-order valence-corrected chi connectivity index (χ3v) is 11.4. The average molecular weight is 818 g/mol. The van der Waals surface area contributed by atoms with Crippen LogP contribution >= 0.6 is 11.3 Å².